The molecule has 1 rings (SSSR count). The van der Waals surface area contributed by atoms with Crippen LogP contribution in [0.25, 0.3) is 0 Å². The van der Waals surface area contributed by atoms with Gasteiger partial charge >= 0.3 is 80.1 Å². The molecule has 0 atom stereocenters. The van der Waals surface area contributed by atoms with Crippen LogP contribution in [0.5, 0.6) is 0 Å². The fraction of sp³-hybridized carbons (Fsp3) is 0. The first-order chi connectivity index (χ1) is 6.29. The number of benzene rings is 1. The summed E-state index contributed by atoms with van der Waals surface area (Å²) in [6, 6.07) is 10.3. The van der Waals surface area contributed by atoms with Gasteiger partial charge in [0.05, 0.1) is 0 Å². The van der Waals surface area contributed by atoms with E-state index in [0.29, 0.717) is 0 Å². The fourth-order valence-electron chi connectivity index (χ4n) is 1.33. The third-order valence-corrected chi connectivity index (χ3v) is 5.65. The zero-order valence-corrected chi connectivity index (χ0v) is 8.74. The van der Waals surface area contributed by atoms with Crippen LogP contribution in [0.4, 0.5) is 0 Å². The van der Waals surface area contributed by atoms with E-state index in [9.17, 15) is 0 Å². The van der Waals surface area contributed by atoms with E-state index >= 15 is 0 Å². The molecule has 0 amide bonds. The minimum atomic E-state index is -1.80. The van der Waals surface area contributed by atoms with Crippen molar-refractivity contribution in [2.24, 2.45) is 0 Å². The Morgan fingerprint density at radius 1 is 0.846 bits per heavy atom. The van der Waals surface area contributed by atoms with Crippen molar-refractivity contribution in [3.8, 4) is 0 Å². The van der Waals surface area contributed by atoms with Gasteiger partial charge in [0.2, 0.25) is 0 Å². The molecule has 0 N–H and O–H groups in total. The topological polar surface area (TPSA) is 0 Å². The van der Waals surface area contributed by atoms with Gasteiger partial charge in [-0.1, -0.05) is 0 Å². The number of hydrogen-bond donors (Lipinski definition) is 0. The molecule has 0 aliphatic heterocycles. The molecule has 68 valence electrons. The van der Waals surface area contributed by atoms with E-state index in [4.69, 9.17) is 0 Å². The summed E-state index contributed by atoms with van der Waals surface area (Å²) in [5.74, 6) is 5.97. The van der Waals surface area contributed by atoms with Crippen LogP contribution in [0.2, 0.25) is 0 Å². The monoisotopic (exact) mass is 190 g/mol. The van der Waals surface area contributed by atoms with Crippen LogP contribution in [-0.4, -0.2) is 0 Å². The summed E-state index contributed by atoms with van der Waals surface area (Å²) in [5, 5.41) is 1.29. The molecule has 0 aliphatic carbocycles. The van der Waals surface area contributed by atoms with E-state index in [-0.39, 0.29) is 0 Å². The molecule has 1 heteroatoms. The summed E-state index contributed by atoms with van der Waals surface area (Å²) in [5.41, 5.74) is 0. The zero-order valence-electron chi connectivity index (χ0n) is 7.74. The van der Waals surface area contributed by atoms with Crippen LogP contribution < -0.4 is 5.30 Å². The van der Waals surface area contributed by atoms with E-state index in [2.05, 4.69) is 31.9 Å². The standard InChI is InChI=1S/C12H15P/c1-4-13(5-2,6-3)12-10-8-7-9-11-12/h4-11,13H,1-3H2. The predicted octanol–water partition coefficient (Wildman–Crippen LogP) is 3.49. The first kappa shape index (κ1) is 9.95. The van der Waals surface area contributed by atoms with Crippen LogP contribution in [0.15, 0.2) is 67.5 Å². The molecule has 0 spiro atoms. The van der Waals surface area contributed by atoms with Gasteiger partial charge < -0.3 is 0 Å². The Bertz CT molecular complexity index is 289. The average Bonchev–Trinajstić information content (AvgIpc) is 2.23. The van der Waals surface area contributed by atoms with Gasteiger partial charge in [0.1, 0.15) is 0 Å². The second kappa shape index (κ2) is 4.20. The Morgan fingerprint density at radius 3 is 1.69 bits per heavy atom. The van der Waals surface area contributed by atoms with Crippen molar-refractivity contribution in [3.05, 3.63) is 67.5 Å². The van der Waals surface area contributed by atoms with Gasteiger partial charge in [0.25, 0.3) is 0 Å². The summed E-state index contributed by atoms with van der Waals surface area (Å²) >= 11 is 0. The Hall–Kier alpha value is -1.13. The summed E-state index contributed by atoms with van der Waals surface area (Å²) in [7, 11) is -1.80. The van der Waals surface area contributed by atoms with Crippen LogP contribution in [-0.2, 0) is 0 Å². The summed E-state index contributed by atoms with van der Waals surface area (Å²) in [6.45, 7) is 11.6. The molecule has 13 heavy (non-hydrogen) atoms. The van der Waals surface area contributed by atoms with Crippen molar-refractivity contribution in [3.63, 3.8) is 0 Å². The molecule has 0 saturated carbocycles. The van der Waals surface area contributed by atoms with Gasteiger partial charge in [-0.3, -0.25) is 0 Å². The molecule has 1 aromatic carbocycles. The first-order valence-electron chi connectivity index (χ1n) is 4.25. The van der Waals surface area contributed by atoms with Crippen molar-refractivity contribution < 1.29 is 0 Å². The number of rotatable bonds is 4. The first-order valence-corrected chi connectivity index (χ1v) is 6.48. The molecule has 0 nitrogen and oxygen atoms in total. The van der Waals surface area contributed by atoms with Gasteiger partial charge in [0, 0.05) is 0 Å². The van der Waals surface area contributed by atoms with E-state index in [1.54, 1.807) is 0 Å². The van der Waals surface area contributed by atoms with E-state index in [1.807, 2.05) is 35.7 Å². The quantitative estimate of drug-likeness (QED) is 0.637. The molecule has 0 radical (unpaired) electrons. The Kier molecular flexibility index (Phi) is 3.22. The molecule has 0 heterocycles. The normalized spacial score (nSPS) is 11.7. The summed E-state index contributed by atoms with van der Waals surface area (Å²) < 4.78 is 0. The maximum absolute atomic E-state index is 3.87. The zero-order chi connectivity index (χ0) is 9.73. The summed E-state index contributed by atoms with van der Waals surface area (Å²) in [6.07, 6.45) is 0. The molecule has 0 fully saturated rings. The Labute approximate surface area is 80.6 Å². The molecular weight excluding hydrogens is 175 g/mol. The van der Waals surface area contributed by atoms with Gasteiger partial charge in [0.15, 0.2) is 0 Å². The molecule has 0 saturated heterocycles. The SMILES string of the molecule is C=C[PH](C=C)(C=C)c1ccccc1. The second-order valence-electron chi connectivity index (χ2n) is 2.91. The average molecular weight is 190 g/mol. The predicted molar refractivity (Wildman–Crippen MR) is 65.0 cm³/mol. The molecule has 0 aromatic heterocycles. The van der Waals surface area contributed by atoms with Crippen LogP contribution in [0.1, 0.15) is 0 Å². The van der Waals surface area contributed by atoms with Crippen molar-refractivity contribution in [1.82, 2.24) is 0 Å². The van der Waals surface area contributed by atoms with E-state index < -0.39 is 7.26 Å². The van der Waals surface area contributed by atoms with Crippen molar-refractivity contribution >= 4 is 12.6 Å². The van der Waals surface area contributed by atoms with Crippen molar-refractivity contribution in [2.45, 2.75) is 0 Å². The number of hydrogen-bond acceptors (Lipinski definition) is 0. The van der Waals surface area contributed by atoms with Gasteiger partial charge in [-0.05, 0) is 0 Å². The molecule has 0 bridgehead atoms. The second-order valence-corrected chi connectivity index (χ2v) is 6.58. The van der Waals surface area contributed by atoms with Crippen LogP contribution in [0, 0.1) is 0 Å². The summed E-state index contributed by atoms with van der Waals surface area (Å²) in [4.78, 5) is 0. The van der Waals surface area contributed by atoms with E-state index in [1.165, 1.54) is 5.30 Å². The van der Waals surface area contributed by atoms with E-state index in [0.717, 1.165) is 0 Å². The Morgan fingerprint density at radius 2 is 1.31 bits per heavy atom. The molecule has 0 aliphatic rings. The maximum atomic E-state index is 3.87. The fourth-order valence-corrected chi connectivity index (χ4v) is 3.31. The van der Waals surface area contributed by atoms with Gasteiger partial charge in [-0.2, -0.15) is 0 Å². The molecular formula is C12H15P. The Balaban J connectivity index is 3.23. The third-order valence-electron chi connectivity index (χ3n) is 2.29. The van der Waals surface area contributed by atoms with Crippen LogP contribution in [0.3, 0.4) is 0 Å². The van der Waals surface area contributed by atoms with Crippen molar-refractivity contribution in [2.75, 3.05) is 0 Å². The van der Waals surface area contributed by atoms with Crippen LogP contribution >= 0.6 is 7.26 Å². The van der Waals surface area contributed by atoms with Crippen molar-refractivity contribution in [1.29, 1.82) is 0 Å². The van der Waals surface area contributed by atoms with Gasteiger partial charge in [-0.15, -0.1) is 0 Å². The van der Waals surface area contributed by atoms with Gasteiger partial charge in [-0.25, -0.2) is 0 Å². The molecule has 1 aromatic rings. The minimum absolute atomic E-state index is 1.29. The molecule has 0 unspecified atom stereocenters. The third kappa shape index (κ3) is 1.79.